The molecule has 0 aliphatic heterocycles. The topological polar surface area (TPSA) is 51.3 Å². The number of carbonyl (C=O) groups is 1. The predicted octanol–water partition coefficient (Wildman–Crippen LogP) is 3.01. The van der Waals surface area contributed by atoms with Gasteiger partial charge in [-0.3, -0.25) is 0 Å². The second-order valence-electron chi connectivity index (χ2n) is 3.46. The van der Waals surface area contributed by atoms with Crippen LogP contribution in [0.2, 0.25) is 5.02 Å². The largest absolute Gasteiger partial charge is 0.496 e. The Morgan fingerprint density at radius 1 is 1.47 bits per heavy atom. The van der Waals surface area contributed by atoms with E-state index in [1.165, 1.54) is 7.11 Å². The van der Waals surface area contributed by atoms with Crippen molar-refractivity contribution in [3.63, 3.8) is 0 Å². The molecule has 0 unspecified atom stereocenters. The Kier molecular flexibility index (Phi) is 3.24. The Balaban J connectivity index is 2.57. The molecular weight excluding hydrogens is 242 g/mol. The molecule has 0 fully saturated rings. The zero-order chi connectivity index (χ0) is 12.4. The van der Waals surface area contributed by atoms with Gasteiger partial charge in [0.25, 0.3) is 0 Å². The first-order valence-electron chi connectivity index (χ1n) is 5.19. The number of carbonyl (C=O) groups excluding carboxylic acids is 1. The molecule has 0 saturated carbocycles. The zero-order valence-electron chi connectivity index (χ0n) is 9.54. The highest BCUT2D eigenvalue weighted by Gasteiger charge is 2.14. The van der Waals surface area contributed by atoms with E-state index in [1.54, 1.807) is 25.3 Å². The monoisotopic (exact) mass is 253 g/mol. The van der Waals surface area contributed by atoms with E-state index < -0.39 is 0 Å². The number of methoxy groups -OCH3 is 1. The Bertz CT molecular complexity index is 562. The van der Waals surface area contributed by atoms with Gasteiger partial charge in [0, 0.05) is 6.20 Å². The average molecular weight is 254 g/mol. The highest BCUT2D eigenvalue weighted by Crippen LogP contribution is 2.33. The van der Waals surface area contributed by atoms with Crippen molar-refractivity contribution in [3.05, 3.63) is 28.9 Å². The zero-order valence-corrected chi connectivity index (χ0v) is 10.3. The van der Waals surface area contributed by atoms with Crippen LogP contribution < -0.4 is 4.74 Å². The summed E-state index contributed by atoms with van der Waals surface area (Å²) in [5.74, 6) is 0.176. The van der Waals surface area contributed by atoms with Crippen LogP contribution in [0.25, 0.3) is 10.9 Å². The second-order valence-corrected chi connectivity index (χ2v) is 3.87. The average Bonchev–Trinajstić information content (AvgIpc) is 2.70. The van der Waals surface area contributed by atoms with Gasteiger partial charge in [-0.05, 0) is 19.1 Å². The molecule has 0 aliphatic carbocycles. The number of hydrogen-bond donors (Lipinski definition) is 1. The van der Waals surface area contributed by atoms with Crippen LogP contribution in [0.5, 0.6) is 5.75 Å². The minimum Gasteiger partial charge on any atom is -0.496 e. The first-order chi connectivity index (χ1) is 8.17. The highest BCUT2D eigenvalue weighted by molar-refractivity contribution is 6.36. The SMILES string of the molecule is CCOC(=O)c1cc(OC)c2c(Cl)c[nH]c2c1. The van der Waals surface area contributed by atoms with Crippen LogP contribution in [0.15, 0.2) is 18.3 Å². The van der Waals surface area contributed by atoms with Crippen molar-refractivity contribution < 1.29 is 14.3 Å². The molecule has 0 radical (unpaired) electrons. The van der Waals surface area contributed by atoms with Crippen LogP contribution in [0, 0.1) is 0 Å². The molecule has 4 nitrogen and oxygen atoms in total. The van der Waals surface area contributed by atoms with Crippen LogP contribution in [0.1, 0.15) is 17.3 Å². The van der Waals surface area contributed by atoms with Gasteiger partial charge in [0.2, 0.25) is 0 Å². The maximum Gasteiger partial charge on any atom is 0.338 e. The number of ether oxygens (including phenoxy) is 2. The molecule has 0 atom stereocenters. The van der Waals surface area contributed by atoms with E-state index in [-0.39, 0.29) is 5.97 Å². The molecular formula is C12H12ClNO3. The third-order valence-electron chi connectivity index (χ3n) is 2.43. The minimum atomic E-state index is -0.376. The van der Waals surface area contributed by atoms with Gasteiger partial charge in [-0.1, -0.05) is 11.6 Å². The van der Waals surface area contributed by atoms with Gasteiger partial charge in [-0.25, -0.2) is 4.79 Å². The van der Waals surface area contributed by atoms with Crippen molar-refractivity contribution in [2.45, 2.75) is 6.92 Å². The number of nitrogens with one attached hydrogen (secondary N) is 1. The Hall–Kier alpha value is -1.68. The molecule has 1 aromatic carbocycles. The van der Waals surface area contributed by atoms with Crippen molar-refractivity contribution in [2.75, 3.05) is 13.7 Å². The quantitative estimate of drug-likeness (QED) is 0.856. The molecule has 5 heteroatoms. The fourth-order valence-corrected chi connectivity index (χ4v) is 1.93. The lowest BCUT2D eigenvalue weighted by Crippen LogP contribution is -2.04. The van der Waals surface area contributed by atoms with E-state index in [2.05, 4.69) is 4.98 Å². The van der Waals surface area contributed by atoms with Crippen molar-refractivity contribution in [1.29, 1.82) is 0 Å². The molecule has 2 rings (SSSR count). The normalized spacial score (nSPS) is 10.5. The van der Waals surface area contributed by atoms with Crippen molar-refractivity contribution in [2.24, 2.45) is 0 Å². The lowest BCUT2D eigenvalue weighted by Gasteiger charge is -2.06. The second kappa shape index (κ2) is 4.67. The Morgan fingerprint density at radius 2 is 2.24 bits per heavy atom. The van der Waals surface area contributed by atoms with E-state index >= 15 is 0 Å². The van der Waals surface area contributed by atoms with Gasteiger partial charge in [0.05, 0.1) is 35.2 Å². The summed E-state index contributed by atoms with van der Waals surface area (Å²) >= 11 is 6.02. The van der Waals surface area contributed by atoms with Crippen molar-refractivity contribution in [1.82, 2.24) is 4.98 Å². The number of aromatic amines is 1. The maximum atomic E-state index is 11.6. The van der Waals surface area contributed by atoms with Crippen LogP contribution in [-0.2, 0) is 4.74 Å². The van der Waals surface area contributed by atoms with Gasteiger partial charge in [0.1, 0.15) is 5.75 Å². The number of aromatic nitrogens is 1. The smallest absolute Gasteiger partial charge is 0.338 e. The number of hydrogen-bond acceptors (Lipinski definition) is 3. The summed E-state index contributed by atoms with van der Waals surface area (Å²) in [6, 6.07) is 3.32. The fourth-order valence-electron chi connectivity index (χ4n) is 1.68. The molecule has 90 valence electrons. The lowest BCUT2D eigenvalue weighted by atomic mass is 10.1. The van der Waals surface area contributed by atoms with Crippen molar-refractivity contribution >= 4 is 28.5 Å². The number of fused-ring (bicyclic) bond motifs is 1. The Morgan fingerprint density at radius 3 is 2.88 bits per heavy atom. The minimum absolute atomic E-state index is 0.338. The molecule has 1 N–H and O–H groups in total. The van der Waals surface area contributed by atoms with E-state index in [1.807, 2.05) is 0 Å². The number of halogens is 1. The number of esters is 1. The van der Waals surface area contributed by atoms with Crippen molar-refractivity contribution in [3.8, 4) is 5.75 Å². The molecule has 0 amide bonds. The highest BCUT2D eigenvalue weighted by atomic mass is 35.5. The summed E-state index contributed by atoms with van der Waals surface area (Å²) in [6.45, 7) is 2.10. The standard InChI is InChI=1S/C12H12ClNO3/c1-3-17-12(15)7-4-9-11(8(13)6-14-9)10(5-7)16-2/h4-6,14H,3H2,1-2H3. The van der Waals surface area contributed by atoms with Crippen LogP contribution >= 0.6 is 11.6 Å². The predicted molar refractivity (Wildman–Crippen MR) is 65.8 cm³/mol. The van der Waals surface area contributed by atoms with Gasteiger partial charge < -0.3 is 14.5 Å². The third-order valence-corrected chi connectivity index (χ3v) is 2.72. The van der Waals surface area contributed by atoms with Gasteiger partial charge in [-0.15, -0.1) is 0 Å². The number of rotatable bonds is 3. The van der Waals surface area contributed by atoms with Crippen LogP contribution in [0.4, 0.5) is 0 Å². The fraction of sp³-hybridized carbons (Fsp3) is 0.250. The molecule has 1 aromatic heterocycles. The lowest BCUT2D eigenvalue weighted by molar-refractivity contribution is 0.0526. The first kappa shape index (κ1) is 11.8. The van der Waals surface area contributed by atoms with E-state index in [0.717, 1.165) is 10.9 Å². The Labute approximate surface area is 103 Å². The number of H-pyrrole nitrogens is 1. The van der Waals surface area contributed by atoms with E-state index in [0.29, 0.717) is 22.9 Å². The summed E-state index contributed by atoms with van der Waals surface area (Å²) in [6.07, 6.45) is 1.66. The van der Waals surface area contributed by atoms with Gasteiger partial charge in [-0.2, -0.15) is 0 Å². The maximum absolute atomic E-state index is 11.6. The molecule has 0 saturated heterocycles. The third kappa shape index (κ3) is 2.08. The first-order valence-corrected chi connectivity index (χ1v) is 5.57. The van der Waals surface area contributed by atoms with Gasteiger partial charge >= 0.3 is 5.97 Å². The molecule has 1 heterocycles. The number of benzene rings is 1. The summed E-state index contributed by atoms with van der Waals surface area (Å²) < 4.78 is 10.2. The molecule has 0 bridgehead atoms. The van der Waals surface area contributed by atoms with E-state index in [9.17, 15) is 4.79 Å². The molecule has 0 spiro atoms. The van der Waals surface area contributed by atoms with E-state index in [4.69, 9.17) is 21.1 Å². The summed E-state index contributed by atoms with van der Waals surface area (Å²) in [5.41, 5.74) is 1.19. The van der Waals surface area contributed by atoms with Gasteiger partial charge in [0.15, 0.2) is 0 Å². The summed E-state index contributed by atoms with van der Waals surface area (Å²) in [5, 5.41) is 1.33. The summed E-state index contributed by atoms with van der Waals surface area (Å²) in [7, 11) is 1.53. The molecule has 0 aliphatic rings. The molecule has 2 aromatic rings. The molecule has 17 heavy (non-hydrogen) atoms. The summed E-state index contributed by atoms with van der Waals surface area (Å²) in [4.78, 5) is 14.6. The van der Waals surface area contributed by atoms with Crippen LogP contribution in [-0.4, -0.2) is 24.7 Å². The van der Waals surface area contributed by atoms with Crippen LogP contribution in [0.3, 0.4) is 0 Å².